The minimum atomic E-state index is 0.247. The zero-order valence-electron chi connectivity index (χ0n) is 8.25. The Hall–Kier alpha value is -0.540. The molecular formula is C10H12Cl2N2O. The van der Waals surface area contributed by atoms with Gasteiger partial charge in [-0.05, 0) is 25.7 Å². The zero-order valence-corrected chi connectivity index (χ0v) is 9.76. The molecule has 1 aromatic rings. The molecule has 0 aromatic carbocycles. The fourth-order valence-corrected chi connectivity index (χ4v) is 2.06. The van der Waals surface area contributed by atoms with Crippen LogP contribution < -0.4 is 4.74 Å². The van der Waals surface area contributed by atoms with Crippen LogP contribution in [0.2, 0.25) is 10.3 Å². The molecule has 1 fully saturated rings. The summed E-state index contributed by atoms with van der Waals surface area (Å²) in [6, 6.07) is 1.62. The van der Waals surface area contributed by atoms with Crippen molar-refractivity contribution in [3.63, 3.8) is 0 Å². The molecule has 1 heterocycles. The second-order valence-electron chi connectivity index (χ2n) is 3.70. The van der Waals surface area contributed by atoms with Gasteiger partial charge < -0.3 is 4.74 Å². The summed E-state index contributed by atoms with van der Waals surface area (Å²) >= 11 is 11.6. The van der Waals surface area contributed by atoms with Gasteiger partial charge in [0.1, 0.15) is 0 Å². The number of aromatic nitrogens is 2. The van der Waals surface area contributed by atoms with Gasteiger partial charge in [-0.1, -0.05) is 29.6 Å². The molecule has 0 radical (unpaired) electrons. The largest absolute Gasteiger partial charge is 0.487 e. The average molecular weight is 247 g/mol. The van der Waals surface area contributed by atoms with E-state index in [-0.39, 0.29) is 11.3 Å². The van der Waals surface area contributed by atoms with Crippen LogP contribution in [0.1, 0.15) is 32.1 Å². The van der Waals surface area contributed by atoms with E-state index in [9.17, 15) is 0 Å². The topological polar surface area (TPSA) is 35.0 Å². The van der Waals surface area contributed by atoms with Gasteiger partial charge in [0, 0.05) is 6.07 Å². The first-order valence-corrected chi connectivity index (χ1v) is 5.86. The average Bonchev–Trinajstić information content (AvgIpc) is 2.25. The van der Waals surface area contributed by atoms with Gasteiger partial charge >= 0.3 is 0 Å². The van der Waals surface area contributed by atoms with Gasteiger partial charge in [-0.25, -0.2) is 0 Å². The highest BCUT2D eigenvalue weighted by Crippen LogP contribution is 2.28. The van der Waals surface area contributed by atoms with Gasteiger partial charge in [0.2, 0.25) is 0 Å². The standard InChI is InChI=1S/C10H12Cl2N2O/c11-9-6-8(10(12)14-13-9)15-7-4-2-1-3-5-7/h6-7H,1-5H2. The maximum absolute atomic E-state index is 5.86. The van der Waals surface area contributed by atoms with Crippen LogP contribution in [0.15, 0.2) is 6.07 Å². The van der Waals surface area contributed by atoms with Crippen LogP contribution in [-0.4, -0.2) is 16.3 Å². The van der Waals surface area contributed by atoms with Gasteiger partial charge in [0.15, 0.2) is 16.1 Å². The van der Waals surface area contributed by atoms with Crippen molar-refractivity contribution >= 4 is 23.2 Å². The molecular weight excluding hydrogens is 235 g/mol. The second kappa shape index (κ2) is 4.99. The van der Waals surface area contributed by atoms with Crippen molar-refractivity contribution in [1.29, 1.82) is 0 Å². The summed E-state index contributed by atoms with van der Waals surface area (Å²) < 4.78 is 5.75. The molecule has 0 N–H and O–H groups in total. The van der Waals surface area contributed by atoms with Crippen LogP contribution in [0, 0.1) is 0 Å². The first-order chi connectivity index (χ1) is 7.25. The lowest BCUT2D eigenvalue weighted by atomic mass is 9.98. The summed E-state index contributed by atoms with van der Waals surface area (Å²) in [5.74, 6) is 0.545. The molecule has 0 atom stereocenters. The third kappa shape index (κ3) is 2.95. The highest BCUT2D eigenvalue weighted by atomic mass is 35.5. The van der Waals surface area contributed by atoms with Crippen LogP contribution >= 0.6 is 23.2 Å². The van der Waals surface area contributed by atoms with E-state index in [2.05, 4.69) is 10.2 Å². The van der Waals surface area contributed by atoms with Crippen molar-refractivity contribution in [2.45, 2.75) is 38.2 Å². The lowest BCUT2D eigenvalue weighted by Gasteiger charge is -2.23. The van der Waals surface area contributed by atoms with Gasteiger partial charge in [-0.2, -0.15) is 0 Å². The minimum Gasteiger partial charge on any atom is -0.487 e. The van der Waals surface area contributed by atoms with Crippen LogP contribution in [0.4, 0.5) is 0 Å². The molecule has 1 saturated carbocycles. The third-order valence-electron chi connectivity index (χ3n) is 2.53. The third-order valence-corrected chi connectivity index (χ3v) is 2.98. The lowest BCUT2D eigenvalue weighted by molar-refractivity contribution is 0.154. The van der Waals surface area contributed by atoms with Gasteiger partial charge in [-0.3, -0.25) is 0 Å². The number of rotatable bonds is 2. The maximum Gasteiger partial charge on any atom is 0.193 e. The minimum absolute atomic E-state index is 0.247. The summed E-state index contributed by atoms with van der Waals surface area (Å²) in [5.41, 5.74) is 0. The summed E-state index contributed by atoms with van der Waals surface area (Å²) in [7, 11) is 0. The number of hydrogen-bond donors (Lipinski definition) is 0. The molecule has 5 heteroatoms. The van der Waals surface area contributed by atoms with E-state index in [4.69, 9.17) is 27.9 Å². The highest BCUT2D eigenvalue weighted by Gasteiger charge is 2.17. The van der Waals surface area contributed by atoms with E-state index in [0.29, 0.717) is 10.9 Å². The molecule has 0 spiro atoms. The number of ether oxygens (including phenoxy) is 1. The predicted molar refractivity (Wildman–Crippen MR) is 59.6 cm³/mol. The summed E-state index contributed by atoms with van der Waals surface area (Å²) in [6.45, 7) is 0. The first-order valence-electron chi connectivity index (χ1n) is 5.11. The smallest absolute Gasteiger partial charge is 0.193 e. The highest BCUT2D eigenvalue weighted by molar-refractivity contribution is 6.32. The molecule has 0 aliphatic heterocycles. The van der Waals surface area contributed by atoms with Crippen LogP contribution in [0.5, 0.6) is 5.75 Å². The monoisotopic (exact) mass is 246 g/mol. The molecule has 15 heavy (non-hydrogen) atoms. The quantitative estimate of drug-likeness (QED) is 0.802. The van der Waals surface area contributed by atoms with Crippen molar-refractivity contribution in [3.8, 4) is 5.75 Å². The van der Waals surface area contributed by atoms with Gasteiger partial charge in [0.05, 0.1) is 6.10 Å². The number of halogens is 2. The Morgan fingerprint density at radius 2 is 1.87 bits per heavy atom. The molecule has 0 bridgehead atoms. The number of nitrogens with zero attached hydrogens (tertiary/aromatic N) is 2. The van der Waals surface area contributed by atoms with E-state index >= 15 is 0 Å². The number of hydrogen-bond acceptors (Lipinski definition) is 3. The van der Waals surface area contributed by atoms with Crippen LogP contribution in [0.25, 0.3) is 0 Å². The van der Waals surface area contributed by atoms with Crippen LogP contribution in [0.3, 0.4) is 0 Å². The molecule has 0 saturated heterocycles. The summed E-state index contributed by atoms with van der Waals surface area (Å²) in [5, 5.41) is 7.93. The Balaban J connectivity index is 2.05. The van der Waals surface area contributed by atoms with Crippen molar-refractivity contribution < 1.29 is 4.74 Å². The Kier molecular flexibility index (Phi) is 3.65. The molecule has 0 amide bonds. The fraction of sp³-hybridized carbons (Fsp3) is 0.600. The fourth-order valence-electron chi connectivity index (χ4n) is 1.78. The predicted octanol–water partition coefficient (Wildman–Crippen LogP) is 3.49. The van der Waals surface area contributed by atoms with Gasteiger partial charge in [-0.15, -0.1) is 10.2 Å². The molecule has 0 unspecified atom stereocenters. The van der Waals surface area contributed by atoms with Crippen LogP contribution in [-0.2, 0) is 0 Å². The lowest BCUT2D eigenvalue weighted by Crippen LogP contribution is -2.20. The van der Waals surface area contributed by atoms with Crippen molar-refractivity contribution in [3.05, 3.63) is 16.4 Å². The molecule has 1 aliphatic carbocycles. The van der Waals surface area contributed by atoms with Gasteiger partial charge in [0.25, 0.3) is 0 Å². The zero-order chi connectivity index (χ0) is 10.7. The molecule has 82 valence electrons. The Morgan fingerprint density at radius 1 is 1.13 bits per heavy atom. The summed E-state index contributed by atoms with van der Waals surface area (Å²) in [6.07, 6.45) is 6.13. The van der Waals surface area contributed by atoms with Crippen molar-refractivity contribution in [2.75, 3.05) is 0 Å². The van der Waals surface area contributed by atoms with E-state index in [1.54, 1.807) is 6.07 Å². The first kappa shape index (κ1) is 11.0. The summed E-state index contributed by atoms with van der Waals surface area (Å²) in [4.78, 5) is 0. The van der Waals surface area contributed by atoms with E-state index in [1.807, 2.05) is 0 Å². The van der Waals surface area contributed by atoms with Crippen molar-refractivity contribution in [1.82, 2.24) is 10.2 Å². The maximum atomic E-state index is 5.86. The Morgan fingerprint density at radius 3 is 2.60 bits per heavy atom. The molecule has 2 rings (SSSR count). The molecule has 3 nitrogen and oxygen atoms in total. The van der Waals surface area contributed by atoms with E-state index in [0.717, 1.165) is 12.8 Å². The van der Waals surface area contributed by atoms with Crippen molar-refractivity contribution in [2.24, 2.45) is 0 Å². The molecule has 1 aliphatic rings. The van der Waals surface area contributed by atoms with E-state index in [1.165, 1.54) is 19.3 Å². The molecule has 1 aromatic heterocycles. The van der Waals surface area contributed by atoms with E-state index < -0.39 is 0 Å². The Labute approximate surface area is 98.7 Å². The SMILES string of the molecule is Clc1cc(OC2CCCCC2)c(Cl)nn1. The second-order valence-corrected chi connectivity index (χ2v) is 4.45. The normalized spacial score (nSPS) is 17.7. The Bertz CT molecular complexity index is 340.